The molecule has 1 aromatic carbocycles. The summed E-state index contributed by atoms with van der Waals surface area (Å²) in [5.74, 6) is 1.42. The molecule has 1 unspecified atom stereocenters. The highest BCUT2D eigenvalue weighted by molar-refractivity contribution is 5.45. The van der Waals surface area contributed by atoms with Crippen molar-refractivity contribution in [1.29, 1.82) is 0 Å². The third-order valence-corrected chi connectivity index (χ3v) is 4.62. The molecule has 116 valence electrons. The number of hydrogen-bond donors (Lipinski definition) is 3. The van der Waals surface area contributed by atoms with Crippen molar-refractivity contribution < 1.29 is 19.7 Å². The Kier molecular flexibility index (Phi) is 4.33. The number of aliphatic hydroxyl groups excluding tert-OH is 2. The highest BCUT2D eigenvalue weighted by Gasteiger charge is 2.32. The predicted octanol–water partition coefficient (Wildman–Crippen LogP) is 1.59. The Morgan fingerprint density at radius 2 is 1.95 bits per heavy atom. The summed E-state index contributed by atoms with van der Waals surface area (Å²) in [5.41, 5.74) is 0.824. The molecule has 1 saturated carbocycles. The van der Waals surface area contributed by atoms with Gasteiger partial charge < -0.3 is 25.0 Å². The number of rotatable bonds is 6. The predicted molar refractivity (Wildman–Crippen MR) is 78.4 cm³/mol. The van der Waals surface area contributed by atoms with Crippen LogP contribution in [-0.2, 0) is 0 Å². The molecule has 5 nitrogen and oxygen atoms in total. The number of fused-ring (bicyclic) bond motifs is 1. The van der Waals surface area contributed by atoms with E-state index in [9.17, 15) is 10.2 Å². The van der Waals surface area contributed by atoms with E-state index in [0.717, 1.165) is 30.7 Å². The summed E-state index contributed by atoms with van der Waals surface area (Å²) in [4.78, 5) is 0. The number of hydrogen-bond acceptors (Lipinski definition) is 5. The first-order valence-electron chi connectivity index (χ1n) is 7.62. The van der Waals surface area contributed by atoms with Gasteiger partial charge >= 0.3 is 0 Å². The second-order valence-corrected chi connectivity index (χ2v) is 6.12. The van der Waals surface area contributed by atoms with E-state index in [2.05, 4.69) is 5.32 Å². The van der Waals surface area contributed by atoms with Gasteiger partial charge in [-0.1, -0.05) is 18.9 Å². The SMILES string of the molecule is OCC1(CNCC(O)c2ccc3c(c2)OCO3)CCCC1. The fraction of sp³-hybridized carbons (Fsp3) is 0.625. The van der Waals surface area contributed by atoms with E-state index >= 15 is 0 Å². The molecule has 0 radical (unpaired) electrons. The van der Waals surface area contributed by atoms with Gasteiger partial charge in [-0.25, -0.2) is 0 Å². The molecule has 0 saturated heterocycles. The van der Waals surface area contributed by atoms with Gasteiger partial charge in [-0.2, -0.15) is 0 Å². The largest absolute Gasteiger partial charge is 0.454 e. The van der Waals surface area contributed by atoms with Crippen LogP contribution in [0.3, 0.4) is 0 Å². The molecule has 0 spiro atoms. The number of benzene rings is 1. The summed E-state index contributed by atoms with van der Waals surface area (Å²) < 4.78 is 10.6. The Labute approximate surface area is 124 Å². The molecule has 2 aliphatic rings. The molecule has 1 atom stereocenters. The highest BCUT2D eigenvalue weighted by Crippen LogP contribution is 2.37. The Hall–Kier alpha value is -1.30. The summed E-state index contributed by atoms with van der Waals surface area (Å²) in [7, 11) is 0. The molecule has 1 heterocycles. The Morgan fingerprint density at radius 1 is 1.19 bits per heavy atom. The first-order chi connectivity index (χ1) is 10.2. The van der Waals surface area contributed by atoms with Gasteiger partial charge in [0.25, 0.3) is 0 Å². The molecule has 1 aliphatic heterocycles. The van der Waals surface area contributed by atoms with Gasteiger partial charge in [-0.15, -0.1) is 0 Å². The second-order valence-electron chi connectivity index (χ2n) is 6.12. The standard InChI is InChI=1S/C16H23NO4/c18-10-16(5-1-2-6-16)9-17-8-13(19)12-3-4-14-15(7-12)21-11-20-14/h3-4,7,13,17-19H,1-2,5-6,8-11H2. The van der Waals surface area contributed by atoms with E-state index in [1.807, 2.05) is 18.2 Å². The lowest BCUT2D eigenvalue weighted by Crippen LogP contribution is -2.37. The van der Waals surface area contributed by atoms with Gasteiger partial charge in [-0.3, -0.25) is 0 Å². The average molecular weight is 293 g/mol. The minimum Gasteiger partial charge on any atom is -0.454 e. The molecule has 3 rings (SSSR count). The highest BCUT2D eigenvalue weighted by atomic mass is 16.7. The number of aliphatic hydroxyl groups is 2. The van der Waals surface area contributed by atoms with E-state index in [1.54, 1.807) is 0 Å². The zero-order valence-corrected chi connectivity index (χ0v) is 12.2. The molecule has 3 N–H and O–H groups in total. The molecule has 0 amide bonds. The fourth-order valence-corrected chi connectivity index (χ4v) is 3.23. The lowest BCUT2D eigenvalue weighted by molar-refractivity contribution is 0.117. The van der Waals surface area contributed by atoms with Crippen molar-refractivity contribution in [1.82, 2.24) is 5.32 Å². The van der Waals surface area contributed by atoms with Crippen LogP contribution < -0.4 is 14.8 Å². The van der Waals surface area contributed by atoms with Crippen LogP contribution in [0.25, 0.3) is 0 Å². The van der Waals surface area contributed by atoms with Crippen LogP contribution in [-0.4, -0.2) is 36.7 Å². The summed E-state index contributed by atoms with van der Waals surface area (Å²) in [6.45, 7) is 1.69. The molecule has 1 aromatic rings. The van der Waals surface area contributed by atoms with E-state index in [1.165, 1.54) is 12.8 Å². The zero-order chi connectivity index (χ0) is 14.7. The molecule has 1 fully saturated rings. The number of nitrogens with one attached hydrogen (secondary N) is 1. The third-order valence-electron chi connectivity index (χ3n) is 4.62. The molecule has 0 aromatic heterocycles. The first-order valence-corrected chi connectivity index (χ1v) is 7.62. The third kappa shape index (κ3) is 3.15. The molecule has 5 heteroatoms. The molecular formula is C16H23NO4. The Balaban J connectivity index is 1.53. The van der Waals surface area contributed by atoms with Crippen LogP contribution in [0.2, 0.25) is 0 Å². The quantitative estimate of drug-likeness (QED) is 0.743. The van der Waals surface area contributed by atoms with Gasteiger partial charge in [0, 0.05) is 25.1 Å². The zero-order valence-electron chi connectivity index (χ0n) is 12.2. The van der Waals surface area contributed by atoms with Gasteiger partial charge in [-0.05, 0) is 30.5 Å². The van der Waals surface area contributed by atoms with Crippen molar-refractivity contribution >= 4 is 0 Å². The maximum Gasteiger partial charge on any atom is 0.231 e. The van der Waals surface area contributed by atoms with Crippen LogP contribution in [0.5, 0.6) is 11.5 Å². The van der Waals surface area contributed by atoms with Crippen molar-refractivity contribution in [2.24, 2.45) is 5.41 Å². The topological polar surface area (TPSA) is 71.0 Å². The number of ether oxygens (including phenoxy) is 2. The van der Waals surface area contributed by atoms with Gasteiger partial charge in [0.15, 0.2) is 11.5 Å². The van der Waals surface area contributed by atoms with E-state index in [0.29, 0.717) is 12.3 Å². The monoisotopic (exact) mass is 293 g/mol. The molecular weight excluding hydrogens is 270 g/mol. The molecule has 21 heavy (non-hydrogen) atoms. The van der Waals surface area contributed by atoms with Crippen molar-refractivity contribution in [3.63, 3.8) is 0 Å². The van der Waals surface area contributed by atoms with Crippen molar-refractivity contribution in [3.05, 3.63) is 23.8 Å². The molecule has 1 aliphatic carbocycles. The van der Waals surface area contributed by atoms with Crippen LogP contribution in [0.15, 0.2) is 18.2 Å². The van der Waals surface area contributed by atoms with Gasteiger partial charge in [0.05, 0.1) is 6.10 Å². The minimum absolute atomic E-state index is 0.00854. The lowest BCUT2D eigenvalue weighted by Gasteiger charge is -2.27. The average Bonchev–Trinajstić information content (AvgIpc) is 3.15. The van der Waals surface area contributed by atoms with E-state index in [4.69, 9.17) is 9.47 Å². The lowest BCUT2D eigenvalue weighted by atomic mass is 9.87. The van der Waals surface area contributed by atoms with E-state index < -0.39 is 6.10 Å². The summed E-state index contributed by atoms with van der Waals surface area (Å²) in [6.07, 6.45) is 3.92. The first kappa shape index (κ1) is 14.6. The Bertz CT molecular complexity index is 485. The van der Waals surface area contributed by atoms with Crippen LogP contribution in [0.1, 0.15) is 37.4 Å². The van der Waals surface area contributed by atoms with Crippen molar-refractivity contribution in [2.45, 2.75) is 31.8 Å². The van der Waals surface area contributed by atoms with Crippen LogP contribution in [0, 0.1) is 5.41 Å². The van der Waals surface area contributed by atoms with Gasteiger partial charge in [0.1, 0.15) is 0 Å². The Morgan fingerprint density at radius 3 is 2.71 bits per heavy atom. The second kappa shape index (κ2) is 6.22. The summed E-state index contributed by atoms with van der Waals surface area (Å²) in [5, 5.41) is 23.1. The van der Waals surface area contributed by atoms with E-state index in [-0.39, 0.29) is 18.8 Å². The van der Waals surface area contributed by atoms with Crippen molar-refractivity contribution in [2.75, 3.05) is 26.5 Å². The van der Waals surface area contributed by atoms with Crippen LogP contribution in [0.4, 0.5) is 0 Å². The fourth-order valence-electron chi connectivity index (χ4n) is 3.23. The smallest absolute Gasteiger partial charge is 0.231 e. The van der Waals surface area contributed by atoms with Crippen LogP contribution >= 0.6 is 0 Å². The normalized spacial score (nSPS) is 20.7. The maximum atomic E-state index is 10.3. The summed E-state index contributed by atoms with van der Waals surface area (Å²) >= 11 is 0. The maximum absolute atomic E-state index is 10.3. The minimum atomic E-state index is -0.586. The van der Waals surface area contributed by atoms with Crippen molar-refractivity contribution in [3.8, 4) is 11.5 Å². The molecule has 0 bridgehead atoms. The summed E-state index contributed by atoms with van der Waals surface area (Å²) in [6, 6.07) is 5.51. The van der Waals surface area contributed by atoms with Gasteiger partial charge in [0.2, 0.25) is 6.79 Å².